The van der Waals surface area contributed by atoms with Crippen LogP contribution >= 0.6 is 11.8 Å². The molecular weight excluding hydrogens is 326 g/mol. The largest absolute Gasteiger partial charge is 0.497 e. The highest BCUT2D eigenvalue weighted by Crippen LogP contribution is 2.21. The number of carbonyl (C=O) groups is 1. The normalized spacial score (nSPS) is 10.7. The van der Waals surface area contributed by atoms with Gasteiger partial charge in [-0.1, -0.05) is 23.9 Å². The summed E-state index contributed by atoms with van der Waals surface area (Å²) >= 11 is 1.41. The van der Waals surface area contributed by atoms with E-state index in [1.165, 1.54) is 17.8 Å². The number of ether oxygens (including phenoxy) is 1. The van der Waals surface area contributed by atoms with Crippen LogP contribution in [0.25, 0.3) is 0 Å². The summed E-state index contributed by atoms with van der Waals surface area (Å²) in [5, 5.41) is 3.29. The van der Waals surface area contributed by atoms with E-state index < -0.39 is 0 Å². The number of nitrogens with one attached hydrogen (secondary N) is 2. The average molecular weight is 347 g/mol. The fourth-order valence-electron chi connectivity index (χ4n) is 2.09. The molecule has 1 aromatic carbocycles. The molecule has 0 saturated carbocycles. The molecule has 0 aliphatic rings. The van der Waals surface area contributed by atoms with E-state index in [0.717, 1.165) is 11.3 Å². The second-order valence-electron chi connectivity index (χ2n) is 5.58. The maximum Gasteiger partial charge on any atom is 0.251 e. The van der Waals surface area contributed by atoms with Gasteiger partial charge in [-0.2, -0.15) is 0 Å². The molecule has 6 nitrogen and oxygen atoms in total. The number of rotatable bonds is 7. The van der Waals surface area contributed by atoms with Gasteiger partial charge in [0.1, 0.15) is 5.75 Å². The third kappa shape index (κ3) is 5.73. The highest BCUT2D eigenvalue weighted by Gasteiger charge is 2.09. The summed E-state index contributed by atoms with van der Waals surface area (Å²) in [7, 11) is 1.62. The molecule has 0 spiro atoms. The molecule has 1 amide bonds. The van der Waals surface area contributed by atoms with Gasteiger partial charge in [-0.05, 0) is 31.5 Å². The molecule has 0 aliphatic carbocycles. The Balaban J connectivity index is 2.05. The van der Waals surface area contributed by atoms with E-state index in [4.69, 9.17) is 4.74 Å². The van der Waals surface area contributed by atoms with Crippen molar-refractivity contribution in [2.75, 3.05) is 7.11 Å². The number of methoxy groups -OCH3 is 1. The number of benzene rings is 1. The molecule has 24 heavy (non-hydrogen) atoms. The van der Waals surface area contributed by atoms with Crippen LogP contribution in [0.4, 0.5) is 0 Å². The van der Waals surface area contributed by atoms with E-state index in [9.17, 15) is 9.59 Å². The molecule has 0 atom stereocenters. The molecule has 0 fully saturated rings. The molecule has 2 rings (SSSR count). The Kier molecular flexibility index (Phi) is 6.43. The Morgan fingerprint density at radius 1 is 1.38 bits per heavy atom. The number of carbonyl (C=O) groups excluding carboxylic acids is 1. The van der Waals surface area contributed by atoms with Gasteiger partial charge < -0.3 is 15.0 Å². The number of thioether (sulfide) groups is 1. The predicted molar refractivity (Wildman–Crippen MR) is 94.4 cm³/mol. The molecule has 1 heterocycles. The summed E-state index contributed by atoms with van der Waals surface area (Å²) in [6, 6.07) is 9.12. The van der Waals surface area contributed by atoms with Crippen LogP contribution in [0.15, 0.2) is 40.3 Å². The summed E-state index contributed by atoms with van der Waals surface area (Å²) in [4.78, 5) is 30.6. The van der Waals surface area contributed by atoms with Crippen LogP contribution in [0.5, 0.6) is 5.75 Å². The van der Waals surface area contributed by atoms with Crippen molar-refractivity contribution in [3.05, 3.63) is 51.9 Å². The number of hydrogen-bond acceptors (Lipinski definition) is 5. The lowest BCUT2D eigenvalue weighted by atomic mass is 10.2. The fraction of sp³-hybridized carbons (Fsp3) is 0.353. The van der Waals surface area contributed by atoms with Crippen molar-refractivity contribution in [3.63, 3.8) is 0 Å². The standard InChI is InChI=1S/C17H21N3O3S/c1-11(2)18-15(21)8-13-9-16(22)20-17(19-13)24-10-12-5-4-6-14(7-12)23-3/h4-7,9,11H,8,10H2,1-3H3,(H,18,21)(H,19,20,22). The van der Waals surface area contributed by atoms with Gasteiger partial charge in [0, 0.05) is 17.9 Å². The van der Waals surface area contributed by atoms with Gasteiger partial charge in [0.15, 0.2) is 5.16 Å². The van der Waals surface area contributed by atoms with Gasteiger partial charge in [-0.25, -0.2) is 4.98 Å². The van der Waals surface area contributed by atoms with E-state index in [1.54, 1.807) is 7.11 Å². The topological polar surface area (TPSA) is 84.1 Å². The molecular formula is C17H21N3O3S. The maximum atomic E-state index is 11.8. The molecule has 0 aliphatic heterocycles. The Morgan fingerprint density at radius 3 is 2.88 bits per heavy atom. The number of nitrogens with zero attached hydrogens (tertiary/aromatic N) is 1. The summed E-state index contributed by atoms with van der Waals surface area (Å²) in [6.45, 7) is 3.77. The smallest absolute Gasteiger partial charge is 0.251 e. The summed E-state index contributed by atoms with van der Waals surface area (Å²) in [6.07, 6.45) is 0.0921. The maximum absolute atomic E-state index is 11.8. The molecule has 2 N–H and O–H groups in total. The van der Waals surface area contributed by atoms with Gasteiger partial charge >= 0.3 is 0 Å². The number of H-pyrrole nitrogens is 1. The van der Waals surface area contributed by atoms with E-state index in [-0.39, 0.29) is 23.9 Å². The van der Waals surface area contributed by atoms with Gasteiger partial charge in [-0.15, -0.1) is 0 Å². The minimum absolute atomic E-state index is 0.0569. The first kappa shape index (κ1) is 18.1. The Bertz CT molecular complexity index is 759. The highest BCUT2D eigenvalue weighted by atomic mass is 32.2. The zero-order valence-electron chi connectivity index (χ0n) is 14.0. The van der Waals surface area contributed by atoms with Gasteiger partial charge in [-0.3, -0.25) is 9.59 Å². The number of hydrogen-bond donors (Lipinski definition) is 2. The van der Waals surface area contributed by atoms with Gasteiger partial charge in [0.25, 0.3) is 5.56 Å². The van der Waals surface area contributed by atoms with Crippen molar-refractivity contribution >= 4 is 17.7 Å². The van der Waals surface area contributed by atoms with Gasteiger partial charge in [0.2, 0.25) is 5.91 Å². The first-order chi connectivity index (χ1) is 11.5. The van der Waals surface area contributed by atoms with E-state index in [1.807, 2.05) is 38.1 Å². The predicted octanol–water partition coefficient (Wildman–Crippen LogP) is 2.14. The molecule has 0 bridgehead atoms. The summed E-state index contributed by atoms with van der Waals surface area (Å²) < 4.78 is 5.19. The minimum Gasteiger partial charge on any atom is -0.497 e. The third-order valence-corrected chi connectivity index (χ3v) is 4.02. The van der Waals surface area contributed by atoms with Crippen LogP contribution in [-0.4, -0.2) is 29.0 Å². The Morgan fingerprint density at radius 2 is 2.17 bits per heavy atom. The van der Waals surface area contributed by atoms with Crippen LogP contribution in [0.1, 0.15) is 25.1 Å². The van der Waals surface area contributed by atoms with Crippen LogP contribution in [0.3, 0.4) is 0 Å². The SMILES string of the molecule is COc1cccc(CSc2nc(CC(=O)NC(C)C)cc(=O)[nH]2)c1. The van der Waals surface area contributed by atoms with Crippen molar-refractivity contribution in [1.82, 2.24) is 15.3 Å². The van der Waals surface area contributed by atoms with Crippen LogP contribution < -0.4 is 15.6 Å². The molecule has 2 aromatic rings. The summed E-state index contributed by atoms with van der Waals surface area (Å²) in [5.74, 6) is 1.28. The second kappa shape index (κ2) is 8.54. The molecule has 7 heteroatoms. The molecule has 0 radical (unpaired) electrons. The van der Waals surface area contributed by atoms with Gasteiger partial charge in [0.05, 0.1) is 19.2 Å². The van der Waals surface area contributed by atoms with Crippen molar-refractivity contribution < 1.29 is 9.53 Å². The first-order valence-corrected chi connectivity index (χ1v) is 8.60. The quantitative estimate of drug-likeness (QED) is 0.592. The zero-order chi connectivity index (χ0) is 17.5. The van der Waals surface area contributed by atoms with E-state index >= 15 is 0 Å². The monoisotopic (exact) mass is 347 g/mol. The third-order valence-electron chi connectivity index (χ3n) is 3.07. The van der Waals surface area contributed by atoms with Crippen molar-refractivity contribution in [2.45, 2.75) is 37.2 Å². The van der Waals surface area contributed by atoms with E-state index in [0.29, 0.717) is 16.6 Å². The van der Waals surface area contributed by atoms with Crippen molar-refractivity contribution in [3.8, 4) is 5.75 Å². The number of aromatic nitrogens is 2. The number of amides is 1. The second-order valence-corrected chi connectivity index (χ2v) is 6.55. The lowest BCUT2D eigenvalue weighted by Gasteiger charge is -2.08. The minimum atomic E-state index is -0.259. The molecule has 128 valence electrons. The van der Waals surface area contributed by atoms with Crippen LogP contribution in [-0.2, 0) is 17.0 Å². The average Bonchev–Trinajstić information content (AvgIpc) is 2.51. The van der Waals surface area contributed by atoms with Crippen LogP contribution in [0, 0.1) is 0 Å². The van der Waals surface area contributed by atoms with E-state index in [2.05, 4.69) is 15.3 Å². The lowest BCUT2D eigenvalue weighted by molar-refractivity contribution is -0.120. The van der Waals surface area contributed by atoms with Crippen molar-refractivity contribution in [2.24, 2.45) is 0 Å². The molecule has 0 saturated heterocycles. The number of aromatic amines is 1. The molecule has 0 unspecified atom stereocenters. The van der Waals surface area contributed by atoms with Crippen LogP contribution in [0.2, 0.25) is 0 Å². The lowest BCUT2D eigenvalue weighted by Crippen LogP contribution is -2.32. The highest BCUT2D eigenvalue weighted by molar-refractivity contribution is 7.98. The molecule has 1 aromatic heterocycles. The Hall–Kier alpha value is -2.28. The summed E-state index contributed by atoms with van der Waals surface area (Å²) in [5.41, 5.74) is 1.26. The Labute approximate surface area is 145 Å². The zero-order valence-corrected chi connectivity index (χ0v) is 14.8. The fourth-order valence-corrected chi connectivity index (χ4v) is 2.93. The van der Waals surface area contributed by atoms with Crippen molar-refractivity contribution in [1.29, 1.82) is 0 Å². The first-order valence-electron chi connectivity index (χ1n) is 7.61.